The molecule has 1 aliphatic rings. The number of hydrogen-bond donors (Lipinski definition) is 2. The van der Waals surface area contributed by atoms with Crippen molar-refractivity contribution in [1.82, 2.24) is 14.6 Å². The van der Waals surface area contributed by atoms with Crippen LogP contribution in [-0.2, 0) is 16.6 Å². The summed E-state index contributed by atoms with van der Waals surface area (Å²) in [6.07, 6.45) is 3.96. The monoisotopic (exact) mass is 313 g/mol. The molecule has 6 heteroatoms. The van der Waals surface area contributed by atoms with E-state index in [9.17, 15) is 8.42 Å². The van der Waals surface area contributed by atoms with Crippen molar-refractivity contribution < 1.29 is 8.42 Å². The molecular formula is C15H27N3O2S. The summed E-state index contributed by atoms with van der Waals surface area (Å²) in [7, 11) is -3.41. The zero-order valence-electron chi connectivity index (χ0n) is 13.4. The van der Waals surface area contributed by atoms with E-state index < -0.39 is 10.0 Å². The van der Waals surface area contributed by atoms with E-state index in [1.807, 2.05) is 11.5 Å². The lowest BCUT2D eigenvalue weighted by Gasteiger charge is -2.12. The Hall–Kier alpha value is -0.850. The van der Waals surface area contributed by atoms with Gasteiger partial charge in [-0.1, -0.05) is 13.8 Å². The first-order valence-corrected chi connectivity index (χ1v) is 9.17. The van der Waals surface area contributed by atoms with E-state index in [-0.39, 0.29) is 11.5 Å². The Morgan fingerprint density at radius 2 is 2.05 bits per heavy atom. The highest BCUT2D eigenvalue weighted by Crippen LogP contribution is 2.44. The van der Waals surface area contributed by atoms with Crippen molar-refractivity contribution in [2.24, 2.45) is 5.41 Å². The molecule has 0 spiro atoms. The number of rotatable bonds is 8. The van der Waals surface area contributed by atoms with Gasteiger partial charge in [0.2, 0.25) is 10.0 Å². The van der Waals surface area contributed by atoms with Crippen LogP contribution in [0.5, 0.6) is 0 Å². The SMILES string of the molecule is CCNCc1cc(S(=O)(=O)NCC2(C)CC2)cn1C(C)C. The van der Waals surface area contributed by atoms with Crippen molar-refractivity contribution in [1.29, 1.82) is 0 Å². The zero-order chi connectivity index (χ0) is 15.7. The number of hydrogen-bond acceptors (Lipinski definition) is 3. The average Bonchev–Trinajstić information content (AvgIpc) is 2.99. The van der Waals surface area contributed by atoms with Gasteiger partial charge in [0.25, 0.3) is 0 Å². The smallest absolute Gasteiger partial charge is 0.242 e. The molecule has 1 aliphatic carbocycles. The summed E-state index contributed by atoms with van der Waals surface area (Å²) in [6.45, 7) is 10.4. The summed E-state index contributed by atoms with van der Waals surface area (Å²) in [4.78, 5) is 0.369. The van der Waals surface area contributed by atoms with E-state index in [1.165, 1.54) is 0 Å². The Labute approximate surface area is 128 Å². The first-order chi connectivity index (χ1) is 9.77. The van der Waals surface area contributed by atoms with Crippen LogP contribution in [-0.4, -0.2) is 26.1 Å². The van der Waals surface area contributed by atoms with Gasteiger partial charge in [0.1, 0.15) is 0 Å². The molecule has 0 radical (unpaired) electrons. The second-order valence-corrected chi connectivity index (χ2v) is 8.35. The van der Waals surface area contributed by atoms with Crippen LogP contribution in [0.4, 0.5) is 0 Å². The molecule has 1 aromatic rings. The van der Waals surface area contributed by atoms with Gasteiger partial charge < -0.3 is 9.88 Å². The van der Waals surface area contributed by atoms with Gasteiger partial charge in [0.05, 0.1) is 4.90 Å². The third-order valence-corrected chi connectivity index (χ3v) is 5.49. The van der Waals surface area contributed by atoms with E-state index in [2.05, 4.69) is 30.8 Å². The molecule has 2 N–H and O–H groups in total. The van der Waals surface area contributed by atoms with Crippen LogP contribution >= 0.6 is 0 Å². The fourth-order valence-corrected chi connectivity index (χ4v) is 3.51. The summed E-state index contributed by atoms with van der Waals surface area (Å²) in [5.41, 5.74) is 1.17. The van der Waals surface area contributed by atoms with Gasteiger partial charge in [-0.2, -0.15) is 0 Å². The lowest BCUT2D eigenvalue weighted by molar-refractivity contribution is 0.529. The number of aromatic nitrogens is 1. The summed E-state index contributed by atoms with van der Waals surface area (Å²) >= 11 is 0. The van der Waals surface area contributed by atoms with Gasteiger partial charge in [-0.05, 0) is 44.7 Å². The van der Waals surface area contributed by atoms with Crippen LogP contribution in [0.25, 0.3) is 0 Å². The Morgan fingerprint density at radius 3 is 2.57 bits per heavy atom. The van der Waals surface area contributed by atoms with Crippen molar-refractivity contribution >= 4 is 10.0 Å². The van der Waals surface area contributed by atoms with E-state index in [4.69, 9.17) is 0 Å². The van der Waals surface area contributed by atoms with Crippen LogP contribution in [0, 0.1) is 5.41 Å². The lowest BCUT2D eigenvalue weighted by Crippen LogP contribution is -2.28. The minimum absolute atomic E-state index is 0.167. The van der Waals surface area contributed by atoms with E-state index >= 15 is 0 Å². The van der Waals surface area contributed by atoms with Crippen LogP contribution in [0.3, 0.4) is 0 Å². The molecule has 2 rings (SSSR count). The summed E-state index contributed by atoms with van der Waals surface area (Å²) in [5.74, 6) is 0. The van der Waals surface area contributed by atoms with Gasteiger partial charge in [-0.25, -0.2) is 13.1 Å². The molecule has 1 fully saturated rings. The minimum atomic E-state index is -3.41. The van der Waals surface area contributed by atoms with Crippen molar-refractivity contribution in [2.45, 2.75) is 58.0 Å². The predicted molar refractivity (Wildman–Crippen MR) is 84.7 cm³/mol. The maximum absolute atomic E-state index is 12.4. The highest BCUT2D eigenvalue weighted by molar-refractivity contribution is 7.89. The molecule has 0 aromatic carbocycles. The second kappa shape index (κ2) is 6.10. The standard InChI is InChI=1S/C15H27N3O2S/c1-5-16-9-13-8-14(10-18(13)12(2)3)21(19,20)17-11-15(4)6-7-15/h8,10,12,16-17H,5-7,9,11H2,1-4H3. The minimum Gasteiger partial charge on any atom is -0.346 e. The number of nitrogens with one attached hydrogen (secondary N) is 2. The zero-order valence-corrected chi connectivity index (χ0v) is 14.3. The van der Waals surface area contributed by atoms with Crippen LogP contribution in [0.15, 0.2) is 17.2 Å². The first kappa shape index (κ1) is 16.5. The molecule has 5 nitrogen and oxygen atoms in total. The molecule has 1 heterocycles. The number of sulfonamides is 1. The molecule has 0 bridgehead atoms. The Kier molecular flexibility index (Phi) is 4.80. The highest BCUT2D eigenvalue weighted by atomic mass is 32.2. The van der Waals surface area contributed by atoms with Gasteiger partial charge in [0, 0.05) is 31.0 Å². The third-order valence-electron chi connectivity index (χ3n) is 4.12. The predicted octanol–water partition coefficient (Wildman–Crippen LogP) is 2.26. The third kappa shape index (κ3) is 4.08. The topological polar surface area (TPSA) is 63.1 Å². The Balaban J connectivity index is 2.17. The fourth-order valence-electron chi connectivity index (χ4n) is 2.26. The average molecular weight is 313 g/mol. The van der Waals surface area contributed by atoms with Crippen molar-refractivity contribution in [3.8, 4) is 0 Å². The molecule has 0 atom stereocenters. The molecule has 120 valence electrons. The van der Waals surface area contributed by atoms with Gasteiger partial charge in [-0.3, -0.25) is 0 Å². The second-order valence-electron chi connectivity index (χ2n) is 6.58. The van der Waals surface area contributed by atoms with Crippen molar-refractivity contribution in [2.75, 3.05) is 13.1 Å². The maximum atomic E-state index is 12.4. The summed E-state index contributed by atoms with van der Waals surface area (Å²) in [6, 6.07) is 2.02. The van der Waals surface area contributed by atoms with Crippen molar-refractivity contribution in [3.05, 3.63) is 18.0 Å². The molecule has 1 saturated carbocycles. The Morgan fingerprint density at radius 1 is 1.38 bits per heavy atom. The van der Waals surface area contributed by atoms with Crippen LogP contribution in [0.1, 0.15) is 52.3 Å². The van der Waals surface area contributed by atoms with Gasteiger partial charge in [0.15, 0.2) is 0 Å². The first-order valence-electron chi connectivity index (χ1n) is 7.68. The molecule has 0 amide bonds. The largest absolute Gasteiger partial charge is 0.346 e. The van der Waals surface area contributed by atoms with Crippen LogP contribution < -0.4 is 10.0 Å². The molecule has 0 unspecified atom stereocenters. The van der Waals surface area contributed by atoms with Gasteiger partial charge in [-0.15, -0.1) is 0 Å². The maximum Gasteiger partial charge on any atom is 0.242 e. The molecule has 21 heavy (non-hydrogen) atoms. The lowest BCUT2D eigenvalue weighted by atomic mass is 10.2. The quantitative estimate of drug-likeness (QED) is 0.774. The molecule has 0 saturated heterocycles. The normalized spacial score (nSPS) is 17.4. The van der Waals surface area contributed by atoms with Crippen LogP contribution in [0.2, 0.25) is 0 Å². The van der Waals surface area contributed by atoms with E-state index in [0.29, 0.717) is 18.0 Å². The summed E-state index contributed by atoms with van der Waals surface area (Å²) in [5, 5.41) is 3.25. The van der Waals surface area contributed by atoms with E-state index in [0.717, 1.165) is 25.1 Å². The molecule has 0 aliphatic heterocycles. The molecular weight excluding hydrogens is 286 g/mol. The van der Waals surface area contributed by atoms with E-state index in [1.54, 1.807) is 12.3 Å². The van der Waals surface area contributed by atoms with Crippen molar-refractivity contribution in [3.63, 3.8) is 0 Å². The van der Waals surface area contributed by atoms with Gasteiger partial charge >= 0.3 is 0 Å². The Bertz CT molecular complexity index is 586. The molecule has 1 aromatic heterocycles. The number of nitrogens with zero attached hydrogens (tertiary/aromatic N) is 1. The summed E-state index contributed by atoms with van der Waals surface area (Å²) < 4.78 is 29.6. The fraction of sp³-hybridized carbons (Fsp3) is 0.733. The highest BCUT2D eigenvalue weighted by Gasteiger charge is 2.38.